The maximum absolute atomic E-state index is 9.49. The Balaban J connectivity index is 0.00000264. The van der Waals surface area contributed by atoms with E-state index in [1.807, 2.05) is 37.3 Å². The molecule has 0 aliphatic rings. The highest BCUT2D eigenvalue weighted by molar-refractivity contribution is 7.99. The summed E-state index contributed by atoms with van der Waals surface area (Å²) in [6.07, 6.45) is 1.39. The van der Waals surface area contributed by atoms with E-state index in [0.717, 1.165) is 21.8 Å². The number of benzene rings is 2. The quantitative estimate of drug-likeness (QED) is 0.707. The van der Waals surface area contributed by atoms with E-state index in [4.69, 9.17) is 17.3 Å². The Bertz CT molecular complexity index is 650. The summed E-state index contributed by atoms with van der Waals surface area (Å²) in [6.45, 7) is 1.78. The summed E-state index contributed by atoms with van der Waals surface area (Å²) < 4.78 is 0. The molecule has 2 rings (SSSR count). The number of phenols is 1. The topological polar surface area (TPSA) is 66.5 Å². The first kappa shape index (κ1) is 20.1. The van der Waals surface area contributed by atoms with Gasteiger partial charge in [-0.2, -0.15) is 0 Å². The molecule has 4 N–H and O–H groups in total. The fourth-order valence-corrected chi connectivity index (χ4v) is 3.23. The van der Waals surface area contributed by atoms with Crippen LogP contribution < -0.4 is 5.73 Å². The Hall–Kier alpha value is -0.910. The number of halogens is 2. The van der Waals surface area contributed by atoms with E-state index >= 15 is 0 Å². The number of hydrogen-bond donors (Lipinski definition) is 3. The van der Waals surface area contributed by atoms with Gasteiger partial charge in [0.25, 0.3) is 0 Å². The summed E-state index contributed by atoms with van der Waals surface area (Å²) in [5.41, 5.74) is 6.37. The molecule has 0 saturated heterocycles. The van der Waals surface area contributed by atoms with Crippen LogP contribution in [0.2, 0.25) is 5.02 Å². The van der Waals surface area contributed by atoms with Gasteiger partial charge in [-0.3, -0.25) is 0 Å². The van der Waals surface area contributed by atoms with Gasteiger partial charge >= 0.3 is 0 Å². The zero-order valence-corrected chi connectivity index (χ0v) is 15.2. The van der Waals surface area contributed by atoms with Crippen LogP contribution in [0.15, 0.2) is 52.3 Å². The molecule has 6 heteroatoms. The first-order valence-corrected chi connectivity index (χ1v) is 8.24. The van der Waals surface area contributed by atoms with Crippen LogP contribution in [-0.4, -0.2) is 22.4 Å². The molecule has 23 heavy (non-hydrogen) atoms. The third-order valence-electron chi connectivity index (χ3n) is 3.40. The van der Waals surface area contributed by atoms with Gasteiger partial charge in [-0.05, 0) is 55.7 Å². The second kappa shape index (κ2) is 8.81. The highest BCUT2D eigenvalue weighted by atomic mass is 35.5. The molecule has 3 nitrogen and oxygen atoms in total. The number of rotatable bonds is 6. The van der Waals surface area contributed by atoms with Crippen molar-refractivity contribution in [1.29, 1.82) is 0 Å². The number of aryl methyl sites for hydroxylation is 1. The van der Waals surface area contributed by atoms with Crippen LogP contribution in [0.25, 0.3) is 0 Å². The summed E-state index contributed by atoms with van der Waals surface area (Å²) >= 11 is 7.88. The molecule has 0 unspecified atom stereocenters. The van der Waals surface area contributed by atoms with E-state index in [1.165, 1.54) is 0 Å². The van der Waals surface area contributed by atoms with Gasteiger partial charge in [0.1, 0.15) is 5.75 Å². The number of aliphatic hydroxyl groups is 1. The van der Waals surface area contributed by atoms with Gasteiger partial charge in [0, 0.05) is 20.4 Å². The SMILES string of the molecule is C[C@@](N)(CO)CCc1ccc(Sc2cccc(O)c2)cc1Cl.Cl. The number of phenolic OH excluding ortho intramolecular Hbond substituents is 1. The summed E-state index contributed by atoms with van der Waals surface area (Å²) in [6, 6.07) is 13.0. The smallest absolute Gasteiger partial charge is 0.116 e. The second-order valence-corrected chi connectivity index (χ2v) is 7.22. The van der Waals surface area contributed by atoms with Gasteiger partial charge in [-0.25, -0.2) is 0 Å². The minimum Gasteiger partial charge on any atom is -0.508 e. The molecular formula is C17H21Cl2NO2S. The average molecular weight is 374 g/mol. The van der Waals surface area contributed by atoms with Crippen molar-refractivity contribution in [2.75, 3.05) is 6.61 Å². The zero-order valence-electron chi connectivity index (χ0n) is 12.8. The van der Waals surface area contributed by atoms with Crippen molar-refractivity contribution < 1.29 is 10.2 Å². The van der Waals surface area contributed by atoms with Crippen LogP contribution in [0.4, 0.5) is 0 Å². The lowest BCUT2D eigenvalue weighted by Gasteiger charge is -2.21. The fourth-order valence-electron chi connectivity index (χ4n) is 1.98. The van der Waals surface area contributed by atoms with E-state index < -0.39 is 5.54 Å². The number of hydrogen-bond acceptors (Lipinski definition) is 4. The first-order valence-electron chi connectivity index (χ1n) is 7.05. The van der Waals surface area contributed by atoms with E-state index in [0.29, 0.717) is 11.4 Å². The molecule has 0 aromatic heterocycles. The molecule has 0 fully saturated rings. The van der Waals surface area contributed by atoms with E-state index in [1.54, 1.807) is 23.9 Å². The summed E-state index contributed by atoms with van der Waals surface area (Å²) in [7, 11) is 0. The standard InChI is InChI=1S/C17H20ClNO2S.ClH/c1-17(19,11-20)8-7-12-5-6-15(10-16(12)18)22-14-4-2-3-13(21)9-14;/h2-6,9-10,20-21H,7-8,11,19H2,1H3;1H/t17-;/m0./s1. The molecule has 0 aliphatic heterocycles. The predicted octanol–water partition coefficient (Wildman–Crippen LogP) is 4.26. The van der Waals surface area contributed by atoms with Gasteiger partial charge in [-0.1, -0.05) is 35.5 Å². The Labute approximate surface area is 152 Å². The molecule has 0 amide bonds. The number of aromatic hydroxyl groups is 1. The summed E-state index contributed by atoms with van der Waals surface area (Å²) in [4.78, 5) is 1.97. The van der Waals surface area contributed by atoms with Gasteiger partial charge in [0.05, 0.1) is 6.61 Å². The van der Waals surface area contributed by atoms with Gasteiger partial charge in [-0.15, -0.1) is 12.4 Å². The average Bonchev–Trinajstić information content (AvgIpc) is 2.46. The van der Waals surface area contributed by atoms with Crippen molar-refractivity contribution in [2.24, 2.45) is 5.73 Å². The van der Waals surface area contributed by atoms with Gasteiger partial charge in [0.15, 0.2) is 0 Å². The molecule has 1 atom stereocenters. The van der Waals surface area contributed by atoms with Crippen molar-refractivity contribution in [3.8, 4) is 5.75 Å². The lowest BCUT2D eigenvalue weighted by molar-refractivity contribution is 0.200. The van der Waals surface area contributed by atoms with Crippen molar-refractivity contribution >= 4 is 35.8 Å². The molecule has 126 valence electrons. The number of nitrogens with two attached hydrogens (primary N) is 1. The molecule has 0 spiro atoms. The maximum Gasteiger partial charge on any atom is 0.116 e. The predicted molar refractivity (Wildman–Crippen MR) is 98.9 cm³/mol. The molecule has 0 saturated carbocycles. The van der Waals surface area contributed by atoms with Gasteiger partial charge < -0.3 is 15.9 Å². The highest BCUT2D eigenvalue weighted by Gasteiger charge is 2.17. The Kier molecular flexibility index (Phi) is 7.71. The molecule has 2 aromatic rings. The van der Waals surface area contributed by atoms with Crippen LogP contribution in [-0.2, 0) is 6.42 Å². The second-order valence-electron chi connectivity index (χ2n) is 5.66. The summed E-state index contributed by atoms with van der Waals surface area (Å²) in [5, 5.41) is 19.4. The zero-order chi connectivity index (χ0) is 16.2. The van der Waals surface area contributed by atoms with E-state index in [9.17, 15) is 10.2 Å². The molecule has 0 radical (unpaired) electrons. The largest absolute Gasteiger partial charge is 0.508 e. The Morgan fingerprint density at radius 1 is 1.17 bits per heavy atom. The molecular weight excluding hydrogens is 353 g/mol. The normalized spacial score (nSPS) is 13.2. The minimum absolute atomic E-state index is 0. The van der Waals surface area contributed by atoms with Gasteiger partial charge in [0.2, 0.25) is 0 Å². The van der Waals surface area contributed by atoms with Crippen LogP contribution in [0, 0.1) is 0 Å². The van der Waals surface area contributed by atoms with E-state index in [-0.39, 0.29) is 24.8 Å². The third-order valence-corrected chi connectivity index (χ3v) is 4.74. The molecule has 0 heterocycles. The monoisotopic (exact) mass is 373 g/mol. The van der Waals surface area contributed by atoms with Crippen LogP contribution in [0.1, 0.15) is 18.9 Å². The van der Waals surface area contributed by atoms with Crippen molar-refractivity contribution in [3.63, 3.8) is 0 Å². The van der Waals surface area contributed by atoms with Crippen LogP contribution in [0.5, 0.6) is 5.75 Å². The number of aliphatic hydroxyl groups excluding tert-OH is 1. The van der Waals surface area contributed by atoms with Crippen LogP contribution >= 0.6 is 35.8 Å². The van der Waals surface area contributed by atoms with Crippen molar-refractivity contribution in [3.05, 3.63) is 53.1 Å². The highest BCUT2D eigenvalue weighted by Crippen LogP contribution is 2.32. The lowest BCUT2D eigenvalue weighted by atomic mass is 9.95. The molecule has 0 bridgehead atoms. The first-order chi connectivity index (χ1) is 10.4. The maximum atomic E-state index is 9.49. The lowest BCUT2D eigenvalue weighted by Crippen LogP contribution is -2.40. The third kappa shape index (κ3) is 6.24. The Morgan fingerprint density at radius 3 is 2.48 bits per heavy atom. The van der Waals surface area contributed by atoms with Crippen molar-refractivity contribution in [1.82, 2.24) is 0 Å². The van der Waals surface area contributed by atoms with E-state index in [2.05, 4.69) is 0 Å². The van der Waals surface area contributed by atoms with Crippen LogP contribution in [0.3, 0.4) is 0 Å². The summed E-state index contributed by atoms with van der Waals surface area (Å²) in [5.74, 6) is 0.249. The molecule has 2 aromatic carbocycles. The van der Waals surface area contributed by atoms with Crippen molar-refractivity contribution in [2.45, 2.75) is 35.1 Å². The fraction of sp³-hybridized carbons (Fsp3) is 0.294. The minimum atomic E-state index is -0.585. The Morgan fingerprint density at radius 2 is 1.87 bits per heavy atom. The molecule has 0 aliphatic carbocycles.